The number of hydrogen-bond donors (Lipinski definition) is 1. The average Bonchev–Trinajstić information content (AvgIpc) is 3.54. The molecule has 0 aliphatic carbocycles. The molecule has 4 heterocycles. The second kappa shape index (κ2) is 10.2. The van der Waals surface area contributed by atoms with Crippen molar-refractivity contribution in [2.45, 2.75) is 66.0 Å². The van der Waals surface area contributed by atoms with Crippen molar-refractivity contribution in [2.75, 3.05) is 10.2 Å². The predicted octanol–water partition coefficient (Wildman–Crippen LogP) is 10.8. The van der Waals surface area contributed by atoms with Gasteiger partial charge < -0.3 is 10.2 Å². The highest BCUT2D eigenvalue weighted by atomic mass is 32.1. The number of aromatic nitrogens is 2. The SMILES string of the molecule is Cc1cc2c(c(C)n1)NC(c1cnc3sc4cc(C(C)C)ccc4c3c1)N2c1ccc(C(C)(C)C)cc1-c1ccccc1. The van der Waals surface area contributed by atoms with Crippen LogP contribution < -0.4 is 10.2 Å². The van der Waals surface area contributed by atoms with Crippen LogP contribution in [0.4, 0.5) is 17.1 Å². The fraction of sp³-hybridized carbons (Fsp3) is 0.263. The van der Waals surface area contributed by atoms with E-state index in [4.69, 9.17) is 9.97 Å². The third kappa shape index (κ3) is 4.76. The Hall–Kier alpha value is -4.22. The number of nitrogens with one attached hydrogen (secondary N) is 1. The second-order valence-electron chi connectivity index (χ2n) is 13.1. The number of anilines is 3. The van der Waals surface area contributed by atoms with Crippen LogP contribution in [0.2, 0.25) is 0 Å². The van der Waals surface area contributed by atoms with Crippen molar-refractivity contribution >= 4 is 48.7 Å². The molecule has 1 atom stereocenters. The zero-order valence-corrected chi connectivity index (χ0v) is 26.8. The molecule has 4 nitrogen and oxygen atoms in total. The van der Waals surface area contributed by atoms with Crippen molar-refractivity contribution in [3.63, 3.8) is 0 Å². The van der Waals surface area contributed by atoms with Crippen molar-refractivity contribution in [3.8, 4) is 11.1 Å². The molecule has 0 fully saturated rings. The van der Waals surface area contributed by atoms with Crippen molar-refractivity contribution in [2.24, 2.45) is 0 Å². The quantitative estimate of drug-likeness (QED) is 0.224. The van der Waals surface area contributed by atoms with E-state index in [1.165, 1.54) is 37.7 Å². The molecule has 1 aliphatic rings. The highest BCUT2D eigenvalue weighted by Crippen LogP contribution is 2.51. The third-order valence-corrected chi connectivity index (χ3v) is 9.75. The van der Waals surface area contributed by atoms with Crippen LogP contribution in [0.3, 0.4) is 0 Å². The molecule has 1 aliphatic heterocycles. The minimum Gasteiger partial charge on any atom is -0.358 e. The number of benzene rings is 3. The lowest BCUT2D eigenvalue weighted by atomic mass is 9.84. The van der Waals surface area contributed by atoms with E-state index in [1.807, 2.05) is 0 Å². The molecule has 0 amide bonds. The van der Waals surface area contributed by atoms with E-state index in [-0.39, 0.29) is 11.6 Å². The van der Waals surface area contributed by atoms with E-state index >= 15 is 0 Å². The number of hydrogen-bond acceptors (Lipinski definition) is 5. The summed E-state index contributed by atoms with van der Waals surface area (Å²) in [6, 6.07) is 29.2. The summed E-state index contributed by atoms with van der Waals surface area (Å²) < 4.78 is 1.30. The topological polar surface area (TPSA) is 41.1 Å². The maximum Gasteiger partial charge on any atom is 0.132 e. The summed E-state index contributed by atoms with van der Waals surface area (Å²) in [5.74, 6) is 0.497. The van der Waals surface area contributed by atoms with Gasteiger partial charge in [-0.25, -0.2) is 4.98 Å². The molecule has 3 aromatic heterocycles. The van der Waals surface area contributed by atoms with Crippen molar-refractivity contribution < 1.29 is 0 Å². The second-order valence-corrected chi connectivity index (χ2v) is 14.2. The highest BCUT2D eigenvalue weighted by Gasteiger charge is 2.35. The normalized spacial score (nSPS) is 15.0. The summed E-state index contributed by atoms with van der Waals surface area (Å²) in [5, 5.41) is 6.36. The van der Waals surface area contributed by atoms with E-state index in [2.05, 4.69) is 144 Å². The van der Waals surface area contributed by atoms with E-state index in [0.29, 0.717) is 5.92 Å². The summed E-state index contributed by atoms with van der Waals surface area (Å²) in [5.41, 5.74) is 11.7. The monoisotopic (exact) mass is 582 g/mol. The van der Waals surface area contributed by atoms with Gasteiger partial charge in [0.15, 0.2) is 0 Å². The first-order chi connectivity index (χ1) is 20.6. The van der Waals surface area contributed by atoms with E-state index in [9.17, 15) is 0 Å². The molecule has 7 rings (SSSR count). The molecule has 216 valence electrons. The number of fused-ring (bicyclic) bond motifs is 4. The van der Waals surface area contributed by atoms with Crippen molar-refractivity contribution in [3.05, 3.63) is 113 Å². The molecule has 3 aromatic carbocycles. The lowest BCUT2D eigenvalue weighted by molar-refractivity contribution is 0.590. The first kappa shape index (κ1) is 27.6. The van der Waals surface area contributed by atoms with Crippen molar-refractivity contribution in [1.29, 1.82) is 0 Å². The molecule has 43 heavy (non-hydrogen) atoms. The van der Waals surface area contributed by atoms with Gasteiger partial charge in [0.2, 0.25) is 0 Å². The molecule has 0 bridgehead atoms. The Labute approximate surface area is 258 Å². The van der Waals surface area contributed by atoms with Crippen LogP contribution in [0.25, 0.3) is 31.4 Å². The van der Waals surface area contributed by atoms with Crippen LogP contribution in [-0.4, -0.2) is 9.97 Å². The van der Waals surface area contributed by atoms with Crippen LogP contribution >= 0.6 is 11.3 Å². The van der Waals surface area contributed by atoms with Gasteiger partial charge in [-0.05, 0) is 72.2 Å². The minimum atomic E-state index is -0.137. The van der Waals surface area contributed by atoms with Gasteiger partial charge in [0.1, 0.15) is 11.0 Å². The van der Waals surface area contributed by atoms with Gasteiger partial charge in [0.25, 0.3) is 0 Å². The van der Waals surface area contributed by atoms with E-state index in [1.54, 1.807) is 11.3 Å². The maximum absolute atomic E-state index is 5.03. The first-order valence-corrected chi connectivity index (χ1v) is 16.0. The number of nitrogens with zero attached hydrogens (tertiary/aromatic N) is 3. The molecule has 0 saturated heterocycles. The van der Waals surface area contributed by atoms with Crippen LogP contribution in [0.1, 0.15) is 74.8 Å². The Morgan fingerprint density at radius 1 is 0.860 bits per heavy atom. The molecule has 5 heteroatoms. The summed E-state index contributed by atoms with van der Waals surface area (Å²) in [4.78, 5) is 13.4. The Kier molecular flexibility index (Phi) is 6.55. The summed E-state index contributed by atoms with van der Waals surface area (Å²) in [7, 11) is 0. The van der Waals surface area contributed by atoms with Gasteiger partial charge in [-0.15, -0.1) is 11.3 Å². The van der Waals surface area contributed by atoms with E-state index < -0.39 is 0 Å². The van der Waals surface area contributed by atoms with Gasteiger partial charge in [-0.1, -0.05) is 83.1 Å². The summed E-state index contributed by atoms with van der Waals surface area (Å²) in [6.07, 6.45) is 1.92. The van der Waals surface area contributed by atoms with Gasteiger partial charge in [-0.2, -0.15) is 0 Å². The Morgan fingerprint density at radius 2 is 1.65 bits per heavy atom. The van der Waals surface area contributed by atoms with Crippen LogP contribution in [-0.2, 0) is 5.41 Å². The van der Waals surface area contributed by atoms with Crippen LogP contribution in [0.5, 0.6) is 0 Å². The number of thiophene rings is 1. The number of rotatable bonds is 4. The molecular weight excluding hydrogens is 545 g/mol. The highest BCUT2D eigenvalue weighted by molar-refractivity contribution is 7.25. The van der Waals surface area contributed by atoms with Crippen molar-refractivity contribution in [1.82, 2.24) is 9.97 Å². The van der Waals surface area contributed by atoms with Gasteiger partial charge >= 0.3 is 0 Å². The van der Waals surface area contributed by atoms with Gasteiger partial charge in [-0.3, -0.25) is 4.98 Å². The fourth-order valence-electron chi connectivity index (χ4n) is 6.28. The fourth-order valence-corrected chi connectivity index (χ4v) is 7.36. The zero-order chi connectivity index (χ0) is 30.0. The van der Waals surface area contributed by atoms with Crippen LogP contribution in [0.15, 0.2) is 85.1 Å². The van der Waals surface area contributed by atoms with Crippen LogP contribution in [0, 0.1) is 13.8 Å². The lowest BCUT2D eigenvalue weighted by Crippen LogP contribution is -2.24. The average molecular weight is 583 g/mol. The molecule has 1 unspecified atom stereocenters. The van der Waals surface area contributed by atoms with Gasteiger partial charge in [0.05, 0.1) is 22.8 Å². The maximum atomic E-state index is 5.03. The zero-order valence-electron chi connectivity index (χ0n) is 26.0. The molecular formula is C38H38N4S. The predicted molar refractivity (Wildman–Crippen MR) is 184 cm³/mol. The van der Waals surface area contributed by atoms with E-state index in [0.717, 1.165) is 38.8 Å². The first-order valence-electron chi connectivity index (χ1n) is 15.1. The number of aryl methyl sites for hydroxylation is 2. The Bertz CT molecular complexity index is 2000. The molecule has 0 spiro atoms. The summed E-state index contributed by atoms with van der Waals surface area (Å²) in [6.45, 7) is 15.5. The smallest absolute Gasteiger partial charge is 0.132 e. The standard InChI is InChI=1S/C38H38N4S/c1-22(2)26-13-15-29-31-18-27(21-39-37(31)43-34(29)19-26)36-41-35-24(4)40-23(3)17-33(35)42(36)32-16-14-28(38(5,6)7)20-30(32)25-11-9-8-10-12-25/h8-22,36,41H,1-7H3. The molecule has 6 aromatic rings. The molecule has 0 saturated carbocycles. The van der Waals surface area contributed by atoms with Gasteiger partial charge in [0, 0.05) is 38.5 Å². The minimum absolute atomic E-state index is 0.0319. The Balaban J connectivity index is 1.44. The largest absolute Gasteiger partial charge is 0.358 e. The number of pyridine rings is 2. The summed E-state index contributed by atoms with van der Waals surface area (Å²) >= 11 is 1.78. The lowest BCUT2D eigenvalue weighted by Gasteiger charge is -2.31. The molecule has 1 N–H and O–H groups in total. The third-order valence-electron chi connectivity index (χ3n) is 8.67. The Morgan fingerprint density at radius 3 is 2.40 bits per heavy atom. The molecule has 0 radical (unpaired) electrons.